The molecule has 23 heavy (non-hydrogen) atoms. The van der Waals surface area contributed by atoms with E-state index in [1.165, 1.54) is 11.0 Å². The third-order valence-corrected chi connectivity index (χ3v) is 4.73. The number of hydrogen-bond donors (Lipinski definition) is 0. The van der Waals surface area contributed by atoms with E-state index in [9.17, 15) is 18.0 Å². The summed E-state index contributed by atoms with van der Waals surface area (Å²) in [6, 6.07) is 3.30. The topological polar surface area (TPSA) is 27.9 Å². The zero-order chi connectivity index (χ0) is 17.0. The van der Waals surface area contributed by atoms with Gasteiger partial charge in [-0.2, -0.15) is 13.2 Å². The molecule has 1 saturated heterocycles. The molecule has 3 rings (SSSR count). The lowest BCUT2D eigenvalue weighted by Crippen LogP contribution is -2.52. The zero-order valence-electron chi connectivity index (χ0n) is 12.4. The Kier molecular flexibility index (Phi) is 3.18. The van der Waals surface area contributed by atoms with Crippen LogP contribution in [0.15, 0.2) is 30.6 Å². The molecule has 4 nitrogen and oxygen atoms in total. The number of anilines is 1. The van der Waals surface area contributed by atoms with Crippen LogP contribution in [0.3, 0.4) is 0 Å². The largest absolute Gasteiger partial charge is 0.407 e. The van der Waals surface area contributed by atoms with E-state index in [0.29, 0.717) is 18.7 Å². The highest BCUT2D eigenvalue weighted by atomic mass is 19.4. The van der Waals surface area contributed by atoms with Crippen molar-refractivity contribution >= 4 is 17.3 Å². The predicted molar refractivity (Wildman–Crippen MR) is 78.7 cm³/mol. The third kappa shape index (κ3) is 2.01. The molecule has 1 aliphatic heterocycles. The molecule has 1 aromatic carbocycles. The maximum absolute atomic E-state index is 13.1. The molecular weight excluding hydrogens is 307 g/mol. The summed E-state index contributed by atoms with van der Waals surface area (Å²) in [5.41, 5.74) is -2.10. The Balaban J connectivity index is 2.08. The first kappa shape index (κ1) is 15.4. The zero-order valence-corrected chi connectivity index (χ0v) is 12.4. The van der Waals surface area contributed by atoms with Gasteiger partial charge in [0, 0.05) is 12.7 Å². The second kappa shape index (κ2) is 4.75. The van der Waals surface area contributed by atoms with Crippen molar-refractivity contribution in [3.05, 3.63) is 47.6 Å². The monoisotopic (exact) mass is 321 g/mol. The number of carbonyl (C=O) groups is 1. The minimum atomic E-state index is -4.65. The van der Waals surface area contributed by atoms with Gasteiger partial charge in [0.1, 0.15) is 11.4 Å². The Hall–Kier alpha value is -2.49. The van der Waals surface area contributed by atoms with Crippen molar-refractivity contribution in [2.75, 3.05) is 11.9 Å². The molecule has 0 N–H and O–H groups in total. The van der Waals surface area contributed by atoms with Gasteiger partial charge in [-0.05, 0) is 31.4 Å². The molecule has 1 saturated carbocycles. The van der Waals surface area contributed by atoms with E-state index in [1.807, 2.05) is 0 Å². The van der Waals surface area contributed by atoms with E-state index < -0.39 is 23.0 Å². The Morgan fingerprint density at radius 1 is 1.35 bits per heavy atom. The Labute approximate surface area is 131 Å². The molecule has 0 radical (unpaired) electrons. The Morgan fingerprint density at radius 2 is 2.00 bits per heavy atom. The number of benzene rings is 1. The molecule has 0 aromatic heterocycles. The fourth-order valence-electron chi connectivity index (χ4n) is 3.18. The van der Waals surface area contributed by atoms with Gasteiger partial charge in [0.05, 0.1) is 12.1 Å². The van der Waals surface area contributed by atoms with Gasteiger partial charge in [-0.1, -0.05) is 12.6 Å². The van der Waals surface area contributed by atoms with Gasteiger partial charge in [-0.15, -0.1) is 0 Å². The average Bonchev–Trinajstić information content (AvgIpc) is 2.64. The highest BCUT2D eigenvalue weighted by Crippen LogP contribution is 2.48. The van der Waals surface area contributed by atoms with Crippen molar-refractivity contribution in [3.63, 3.8) is 0 Å². The molecule has 120 valence electrons. The summed E-state index contributed by atoms with van der Waals surface area (Å²) in [5.74, 6) is 0.110. The molecule has 0 bridgehead atoms. The van der Waals surface area contributed by atoms with E-state index >= 15 is 0 Å². The minimum Gasteiger partial charge on any atom is -0.346 e. The van der Waals surface area contributed by atoms with Gasteiger partial charge in [-0.25, -0.2) is 4.85 Å². The summed E-state index contributed by atoms with van der Waals surface area (Å²) < 4.78 is 39.4. The molecule has 1 spiro atoms. The predicted octanol–water partition coefficient (Wildman–Crippen LogP) is 3.93. The number of amides is 1. The molecule has 2 fully saturated rings. The van der Waals surface area contributed by atoms with Crippen molar-refractivity contribution in [1.29, 1.82) is 0 Å². The smallest absolute Gasteiger partial charge is 0.346 e. The molecule has 7 heteroatoms. The number of nitrogens with zero attached hydrogens (tertiary/aromatic N) is 3. The maximum atomic E-state index is 13.1. The SMILES string of the molecule is [C-]#[N+]c1ccc(N2C(=C)N(C)C3(CCC3)C2=O)cc1C(F)(F)F. The number of carbonyl (C=O) groups excluding carboxylic acids is 1. The van der Waals surface area contributed by atoms with E-state index in [4.69, 9.17) is 6.57 Å². The first-order valence-electron chi connectivity index (χ1n) is 7.08. The summed E-state index contributed by atoms with van der Waals surface area (Å²) in [7, 11) is 1.73. The van der Waals surface area contributed by atoms with Crippen LogP contribution in [0.1, 0.15) is 24.8 Å². The van der Waals surface area contributed by atoms with Gasteiger partial charge in [0.25, 0.3) is 5.91 Å². The molecule has 0 unspecified atom stereocenters. The summed E-state index contributed by atoms with van der Waals surface area (Å²) in [5, 5.41) is 0. The lowest BCUT2D eigenvalue weighted by atomic mass is 9.76. The van der Waals surface area contributed by atoms with Crippen LogP contribution in [0.25, 0.3) is 4.85 Å². The molecule has 1 heterocycles. The Bertz CT molecular complexity index is 744. The third-order valence-electron chi connectivity index (χ3n) is 4.73. The summed E-state index contributed by atoms with van der Waals surface area (Å²) in [4.78, 5) is 18.6. The van der Waals surface area contributed by atoms with Crippen molar-refractivity contribution in [3.8, 4) is 0 Å². The average molecular weight is 321 g/mol. The van der Waals surface area contributed by atoms with E-state index in [-0.39, 0.29) is 11.6 Å². The van der Waals surface area contributed by atoms with Crippen molar-refractivity contribution in [2.24, 2.45) is 0 Å². The summed E-state index contributed by atoms with van der Waals surface area (Å²) in [6.45, 7) is 10.7. The van der Waals surface area contributed by atoms with E-state index in [0.717, 1.165) is 18.6 Å². The van der Waals surface area contributed by atoms with Crippen LogP contribution in [0.2, 0.25) is 0 Å². The van der Waals surface area contributed by atoms with Gasteiger partial charge in [0.2, 0.25) is 0 Å². The first-order chi connectivity index (χ1) is 10.7. The number of alkyl halides is 3. The fraction of sp³-hybridized carbons (Fsp3) is 0.375. The van der Waals surface area contributed by atoms with Crippen molar-refractivity contribution < 1.29 is 18.0 Å². The fourth-order valence-corrected chi connectivity index (χ4v) is 3.18. The molecule has 1 aromatic rings. The van der Waals surface area contributed by atoms with Crippen molar-refractivity contribution in [1.82, 2.24) is 4.90 Å². The van der Waals surface area contributed by atoms with Gasteiger partial charge in [0.15, 0.2) is 5.69 Å². The van der Waals surface area contributed by atoms with Crippen LogP contribution in [-0.4, -0.2) is 23.4 Å². The molecular formula is C16H14F3N3O. The first-order valence-corrected chi connectivity index (χ1v) is 7.08. The summed E-state index contributed by atoms with van der Waals surface area (Å²) in [6.07, 6.45) is -2.41. The number of likely N-dealkylation sites (N-methyl/N-ethyl adjacent to an activating group) is 1. The lowest BCUT2D eigenvalue weighted by molar-refractivity contribution is -0.137. The van der Waals surface area contributed by atoms with Crippen LogP contribution in [0.5, 0.6) is 0 Å². The van der Waals surface area contributed by atoms with E-state index in [2.05, 4.69) is 11.4 Å². The van der Waals surface area contributed by atoms with Gasteiger partial charge < -0.3 is 4.90 Å². The highest BCUT2D eigenvalue weighted by molar-refractivity contribution is 6.06. The van der Waals surface area contributed by atoms with Crippen molar-refractivity contribution in [2.45, 2.75) is 31.0 Å². The maximum Gasteiger partial charge on any atom is 0.407 e. The second-order valence-corrected chi connectivity index (χ2v) is 5.81. The van der Waals surface area contributed by atoms with E-state index in [1.54, 1.807) is 11.9 Å². The van der Waals surface area contributed by atoms with Crippen LogP contribution < -0.4 is 4.90 Å². The van der Waals surface area contributed by atoms with Gasteiger partial charge in [-0.3, -0.25) is 9.69 Å². The quantitative estimate of drug-likeness (QED) is 0.733. The normalized spacial score (nSPS) is 20.0. The molecule has 2 aliphatic rings. The number of rotatable bonds is 1. The Morgan fingerprint density at radius 3 is 2.43 bits per heavy atom. The van der Waals surface area contributed by atoms with Gasteiger partial charge >= 0.3 is 6.18 Å². The van der Waals surface area contributed by atoms with Crippen LogP contribution in [-0.2, 0) is 11.0 Å². The standard InChI is InChI=1S/C16H14F3N3O/c1-10-21(3)15(7-4-8-15)14(23)22(10)11-5-6-13(20-2)12(9-11)16(17,18)19/h5-6,9H,1,4,7-8H2,3H3. The molecule has 1 amide bonds. The number of hydrogen-bond acceptors (Lipinski definition) is 2. The molecule has 1 aliphatic carbocycles. The lowest BCUT2D eigenvalue weighted by Gasteiger charge is -2.41. The number of halogens is 3. The molecule has 0 atom stereocenters. The minimum absolute atomic E-state index is 0.0929. The highest BCUT2D eigenvalue weighted by Gasteiger charge is 2.56. The van der Waals surface area contributed by atoms with Crippen LogP contribution >= 0.6 is 0 Å². The second-order valence-electron chi connectivity index (χ2n) is 5.81. The van der Waals surface area contributed by atoms with Crippen LogP contribution in [0, 0.1) is 6.57 Å². The summed E-state index contributed by atoms with van der Waals surface area (Å²) >= 11 is 0. The van der Waals surface area contributed by atoms with Crippen LogP contribution in [0.4, 0.5) is 24.5 Å².